The molecule has 0 unspecified atom stereocenters. The fourth-order valence-corrected chi connectivity index (χ4v) is 3.58. The molecule has 0 aromatic carbocycles. The van der Waals surface area contributed by atoms with Gasteiger partial charge in [0.2, 0.25) is 0 Å². The molecule has 0 atom stereocenters. The highest BCUT2D eigenvalue weighted by atomic mass is 16.1. The zero-order valence-electron chi connectivity index (χ0n) is 17.8. The van der Waals surface area contributed by atoms with Gasteiger partial charge >= 0.3 is 0 Å². The third kappa shape index (κ3) is 18.2. The Morgan fingerprint density at radius 2 is 0.960 bits per heavy atom. The number of hydrogen-bond donors (Lipinski definition) is 0. The van der Waals surface area contributed by atoms with Gasteiger partial charge in [-0.2, -0.15) is 0 Å². The van der Waals surface area contributed by atoms with Crippen LogP contribution in [0, 0.1) is 0 Å². The molecule has 0 saturated heterocycles. The summed E-state index contributed by atoms with van der Waals surface area (Å²) < 4.78 is 0. The summed E-state index contributed by atoms with van der Waals surface area (Å²) in [5, 5.41) is 0. The molecule has 150 valence electrons. The van der Waals surface area contributed by atoms with Gasteiger partial charge in [-0.05, 0) is 45.3 Å². The lowest BCUT2D eigenvalue weighted by molar-refractivity contribution is -0.119. The molecule has 2 heteroatoms. The first-order valence-corrected chi connectivity index (χ1v) is 11.5. The van der Waals surface area contributed by atoms with Crippen molar-refractivity contribution in [3.05, 3.63) is 0 Å². The van der Waals surface area contributed by atoms with Crippen LogP contribution in [0.5, 0.6) is 0 Å². The Morgan fingerprint density at radius 1 is 0.520 bits per heavy atom. The molecule has 0 fully saturated rings. The number of hydrogen-bond acceptors (Lipinski definition) is 2. The highest BCUT2D eigenvalue weighted by Gasteiger charge is 2.05. The lowest BCUT2D eigenvalue weighted by atomic mass is 10.0. The van der Waals surface area contributed by atoms with E-state index in [1.165, 1.54) is 90.1 Å². The molecule has 0 aliphatic rings. The average Bonchev–Trinajstić information content (AvgIpc) is 2.60. The topological polar surface area (TPSA) is 20.3 Å². The van der Waals surface area contributed by atoms with Crippen LogP contribution in [-0.2, 0) is 4.79 Å². The smallest absolute Gasteiger partial charge is 0.132 e. The molecule has 0 aromatic heterocycles. The Bertz CT molecular complexity index is 271. The zero-order valence-corrected chi connectivity index (χ0v) is 17.8. The van der Waals surface area contributed by atoms with Crippen LogP contribution in [0.2, 0.25) is 0 Å². The average molecular weight is 354 g/mol. The number of Topliss-reactive ketones (excluding diaryl/α,β-unsaturated/α-hetero) is 1. The van der Waals surface area contributed by atoms with Crippen molar-refractivity contribution >= 4 is 5.78 Å². The fourth-order valence-electron chi connectivity index (χ4n) is 3.58. The second-order valence-corrected chi connectivity index (χ2v) is 7.77. The van der Waals surface area contributed by atoms with E-state index in [1.54, 1.807) is 0 Å². The molecule has 0 rings (SSSR count). The van der Waals surface area contributed by atoms with Gasteiger partial charge in [0.05, 0.1) is 0 Å². The summed E-state index contributed by atoms with van der Waals surface area (Å²) in [6.07, 6.45) is 20.0. The van der Waals surface area contributed by atoms with E-state index in [0.717, 1.165) is 32.2 Å². The van der Waals surface area contributed by atoms with Crippen molar-refractivity contribution in [1.29, 1.82) is 0 Å². The summed E-state index contributed by atoms with van der Waals surface area (Å²) in [5.74, 6) is 0.490. The normalized spacial score (nSPS) is 11.4. The van der Waals surface area contributed by atoms with Crippen molar-refractivity contribution in [2.45, 2.75) is 124 Å². The van der Waals surface area contributed by atoms with E-state index in [2.05, 4.69) is 25.7 Å². The SMILES string of the molecule is CCCCCCCCCCCCCC(=O)CCCN(CCC)CCC. The number of nitrogens with zero attached hydrogens (tertiary/aromatic N) is 1. The monoisotopic (exact) mass is 353 g/mol. The van der Waals surface area contributed by atoms with E-state index in [0.29, 0.717) is 5.78 Å². The lowest BCUT2D eigenvalue weighted by Gasteiger charge is -2.20. The van der Waals surface area contributed by atoms with Gasteiger partial charge < -0.3 is 4.90 Å². The molecule has 0 N–H and O–H groups in total. The lowest BCUT2D eigenvalue weighted by Crippen LogP contribution is -2.26. The summed E-state index contributed by atoms with van der Waals surface area (Å²) in [7, 11) is 0. The molecule has 0 amide bonds. The molecule has 0 spiro atoms. The third-order valence-corrected chi connectivity index (χ3v) is 5.07. The van der Waals surface area contributed by atoms with E-state index >= 15 is 0 Å². The minimum atomic E-state index is 0.490. The Balaban J connectivity index is 3.35. The van der Waals surface area contributed by atoms with Gasteiger partial charge in [-0.25, -0.2) is 0 Å². The largest absolute Gasteiger partial charge is 0.303 e. The number of carbonyl (C=O) groups is 1. The summed E-state index contributed by atoms with van der Waals surface area (Å²) >= 11 is 0. The molecule has 0 heterocycles. The number of carbonyl (C=O) groups excluding carboxylic acids is 1. The standard InChI is InChI=1S/C23H47NO/c1-4-7-8-9-10-11-12-13-14-15-16-18-23(25)19-17-22-24(20-5-2)21-6-3/h4-22H2,1-3H3. The van der Waals surface area contributed by atoms with Gasteiger partial charge in [-0.15, -0.1) is 0 Å². The van der Waals surface area contributed by atoms with Crippen molar-refractivity contribution < 1.29 is 4.79 Å². The third-order valence-electron chi connectivity index (χ3n) is 5.07. The first-order valence-electron chi connectivity index (χ1n) is 11.5. The maximum Gasteiger partial charge on any atom is 0.132 e. The first kappa shape index (κ1) is 24.6. The van der Waals surface area contributed by atoms with Crippen LogP contribution in [-0.4, -0.2) is 30.3 Å². The molecule has 0 aliphatic carbocycles. The van der Waals surface area contributed by atoms with Crippen molar-refractivity contribution in [3.8, 4) is 0 Å². The van der Waals surface area contributed by atoms with Crippen LogP contribution in [0.3, 0.4) is 0 Å². The minimum Gasteiger partial charge on any atom is -0.303 e. The van der Waals surface area contributed by atoms with Crippen molar-refractivity contribution in [2.24, 2.45) is 0 Å². The second-order valence-electron chi connectivity index (χ2n) is 7.77. The highest BCUT2D eigenvalue weighted by Crippen LogP contribution is 2.12. The quantitative estimate of drug-likeness (QED) is 0.216. The Morgan fingerprint density at radius 3 is 1.44 bits per heavy atom. The summed E-state index contributed by atoms with van der Waals surface area (Å²) in [6.45, 7) is 10.2. The fraction of sp³-hybridized carbons (Fsp3) is 0.957. The zero-order chi connectivity index (χ0) is 18.6. The summed E-state index contributed by atoms with van der Waals surface area (Å²) in [6, 6.07) is 0. The van der Waals surface area contributed by atoms with Crippen molar-refractivity contribution in [3.63, 3.8) is 0 Å². The van der Waals surface area contributed by atoms with Crippen LogP contribution < -0.4 is 0 Å². The maximum atomic E-state index is 12.0. The molecule has 0 aliphatic heterocycles. The van der Waals surface area contributed by atoms with Crippen LogP contribution in [0.1, 0.15) is 124 Å². The van der Waals surface area contributed by atoms with E-state index in [1.807, 2.05) is 0 Å². The predicted octanol–water partition coefficient (Wildman–Crippen LogP) is 7.16. The molecule has 0 bridgehead atoms. The molecule has 0 aromatic rings. The van der Waals surface area contributed by atoms with E-state index in [-0.39, 0.29) is 0 Å². The summed E-state index contributed by atoms with van der Waals surface area (Å²) in [4.78, 5) is 14.5. The van der Waals surface area contributed by atoms with Gasteiger partial charge in [0.15, 0.2) is 0 Å². The molecule has 0 saturated carbocycles. The molecular formula is C23H47NO. The Hall–Kier alpha value is -0.370. The van der Waals surface area contributed by atoms with Gasteiger partial charge in [-0.1, -0.05) is 85.0 Å². The van der Waals surface area contributed by atoms with Gasteiger partial charge in [-0.3, -0.25) is 4.79 Å². The minimum absolute atomic E-state index is 0.490. The Kier molecular flexibility index (Phi) is 19.7. The van der Waals surface area contributed by atoms with E-state index < -0.39 is 0 Å². The van der Waals surface area contributed by atoms with Crippen LogP contribution in [0.15, 0.2) is 0 Å². The van der Waals surface area contributed by atoms with Crippen molar-refractivity contribution in [2.75, 3.05) is 19.6 Å². The molecule has 25 heavy (non-hydrogen) atoms. The van der Waals surface area contributed by atoms with Gasteiger partial charge in [0.25, 0.3) is 0 Å². The Labute approximate surface area is 159 Å². The predicted molar refractivity (Wildman–Crippen MR) is 112 cm³/mol. The van der Waals surface area contributed by atoms with Crippen molar-refractivity contribution in [1.82, 2.24) is 4.90 Å². The van der Waals surface area contributed by atoms with Gasteiger partial charge in [0.1, 0.15) is 5.78 Å². The van der Waals surface area contributed by atoms with Crippen LogP contribution >= 0.6 is 0 Å². The molecule has 0 radical (unpaired) electrons. The first-order chi connectivity index (χ1) is 12.2. The highest BCUT2D eigenvalue weighted by molar-refractivity contribution is 5.78. The number of ketones is 1. The maximum absolute atomic E-state index is 12.0. The number of unbranched alkanes of at least 4 members (excludes halogenated alkanes) is 10. The molecule has 2 nitrogen and oxygen atoms in total. The molecular weight excluding hydrogens is 306 g/mol. The second kappa shape index (κ2) is 19.9. The van der Waals surface area contributed by atoms with E-state index in [9.17, 15) is 4.79 Å². The summed E-state index contributed by atoms with van der Waals surface area (Å²) in [5.41, 5.74) is 0. The van der Waals surface area contributed by atoms with Crippen LogP contribution in [0.25, 0.3) is 0 Å². The van der Waals surface area contributed by atoms with Crippen LogP contribution in [0.4, 0.5) is 0 Å². The van der Waals surface area contributed by atoms with Gasteiger partial charge in [0, 0.05) is 12.8 Å². The van der Waals surface area contributed by atoms with E-state index in [4.69, 9.17) is 0 Å². The number of rotatable bonds is 20.